The van der Waals surface area contributed by atoms with Crippen LogP contribution in [0, 0.1) is 0 Å². The molecule has 2 unspecified atom stereocenters. The number of rotatable bonds is 4. The van der Waals surface area contributed by atoms with Gasteiger partial charge < -0.3 is 19.7 Å². The molecule has 0 radical (unpaired) electrons. The van der Waals surface area contributed by atoms with Crippen LogP contribution in [-0.2, 0) is 0 Å². The molecular formula is C27H25N5O2. The van der Waals surface area contributed by atoms with Crippen LogP contribution in [-0.4, -0.2) is 36.0 Å². The van der Waals surface area contributed by atoms with Crippen molar-refractivity contribution in [1.29, 1.82) is 0 Å². The summed E-state index contributed by atoms with van der Waals surface area (Å²) in [5.41, 5.74) is 6.44. The molecule has 0 amide bonds. The number of hydrogen-bond donors (Lipinski definition) is 1. The molecule has 2 atom stereocenters. The zero-order valence-electron chi connectivity index (χ0n) is 19.3. The number of fused-ring (bicyclic) bond motifs is 3. The third-order valence-electron chi connectivity index (χ3n) is 6.47. The van der Waals surface area contributed by atoms with Crippen LogP contribution in [0.2, 0.25) is 0 Å². The molecule has 4 aromatic rings. The van der Waals surface area contributed by atoms with Gasteiger partial charge in [-0.05, 0) is 47.5 Å². The Labute approximate surface area is 198 Å². The molecular weight excluding hydrogens is 426 g/mol. The van der Waals surface area contributed by atoms with Gasteiger partial charge in [-0.25, -0.2) is 4.68 Å². The highest BCUT2D eigenvalue weighted by Crippen LogP contribution is 2.50. The fraction of sp³-hybridized carbons (Fsp3) is 0.185. The van der Waals surface area contributed by atoms with E-state index in [2.05, 4.69) is 62.8 Å². The summed E-state index contributed by atoms with van der Waals surface area (Å²) in [6.45, 7) is 0. The minimum Gasteiger partial charge on any atom is -0.497 e. The molecule has 7 nitrogen and oxygen atoms in total. The molecule has 3 aromatic carbocycles. The Hall–Kier alpha value is -4.26. The van der Waals surface area contributed by atoms with E-state index in [-0.39, 0.29) is 12.1 Å². The lowest BCUT2D eigenvalue weighted by Crippen LogP contribution is -2.32. The van der Waals surface area contributed by atoms with E-state index in [4.69, 9.17) is 9.47 Å². The number of hydrogen-bond acceptors (Lipinski definition) is 6. The average molecular weight is 452 g/mol. The van der Waals surface area contributed by atoms with E-state index in [0.717, 1.165) is 45.1 Å². The standard InChI is InChI=1S/C27H25N5O2/c1-31(2)19-12-8-18(9-13-19)26-23-24(21-6-4-5-7-22(21)34-26)30-27-28-16-29-32(27)25(23)17-10-14-20(33-3)15-11-17/h4-16,25-26H,1-3H3,(H,28,29,30). The zero-order valence-corrected chi connectivity index (χ0v) is 19.3. The van der Waals surface area contributed by atoms with Crippen molar-refractivity contribution < 1.29 is 9.47 Å². The first-order chi connectivity index (χ1) is 16.6. The summed E-state index contributed by atoms with van der Waals surface area (Å²) in [5, 5.41) is 8.13. The highest BCUT2D eigenvalue weighted by atomic mass is 16.5. The smallest absolute Gasteiger partial charge is 0.226 e. The lowest BCUT2D eigenvalue weighted by atomic mass is 9.84. The number of ether oxygens (including phenoxy) is 2. The van der Waals surface area contributed by atoms with Crippen LogP contribution in [0.15, 0.2) is 84.7 Å². The highest BCUT2D eigenvalue weighted by Gasteiger charge is 2.40. The van der Waals surface area contributed by atoms with Crippen molar-refractivity contribution in [1.82, 2.24) is 14.8 Å². The van der Waals surface area contributed by atoms with Gasteiger partial charge >= 0.3 is 0 Å². The average Bonchev–Trinajstić information content (AvgIpc) is 3.35. The summed E-state index contributed by atoms with van der Waals surface area (Å²) >= 11 is 0. The van der Waals surface area contributed by atoms with Gasteiger partial charge in [-0.15, -0.1) is 0 Å². The molecule has 0 fully saturated rings. The van der Waals surface area contributed by atoms with Crippen molar-refractivity contribution in [2.75, 3.05) is 31.4 Å². The molecule has 0 bridgehead atoms. The van der Waals surface area contributed by atoms with Crippen LogP contribution in [0.1, 0.15) is 28.8 Å². The largest absolute Gasteiger partial charge is 0.497 e. The van der Waals surface area contributed by atoms with E-state index in [1.54, 1.807) is 13.4 Å². The monoisotopic (exact) mass is 451 g/mol. The molecule has 0 saturated carbocycles. The van der Waals surface area contributed by atoms with Crippen molar-refractivity contribution in [2.24, 2.45) is 0 Å². The number of para-hydroxylation sites is 1. The van der Waals surface area contributed by atoms with Crippen molar-refractivity contribution >= 4 is 17.3 Å². The summed E-state index contributed by atoms with van der Waals surface area (Å²) in [5.74, 6) is 2.36. The number of anilines is 2. The van der Waals surface area contributed by atoms with Crippen molar-refractivity contribution in [2.45, 2.75) is 12.1 Å². The number of methoxy groups -OCH3 is 1. The van der Waals surface area contributed by atoms with Crippen LogP contribution >= 0.6 is 0 Å². The Morgan fingerprint density at radius 1 is 0.941 bits per heavy atom. The van der Waals surface area contributed by atoms with E-state index in [1.165, 1.54) is 0 Å². The molecule has 34 heavy (non-hydrogen) atoms. The maximum atomic E-state index is 6.68. The fourth-order valence-electron chi connectivity index (χ4n) is 4.75. The van der Waals surface area contributed by atoms with Crippen LogP contribution in [0.3, 0.4) is 0 Å². The minimum absolute atomic E-state index is 0.188. The fourth-order valence-corrected chi connectivity index (χ4v) is 4.75. The SMILES string of the molecule is COc1ccc(C2C3=C(Nc4ncnn42)c2ccccc2OC3c2ccc(N(C)C)cc2)cc1. The third kappa shape index (κ3) is 3.20. The Bertz CT molecular complexity index is 1370. The quantitative estimate of drug-likeness (QED) is 0.476. The highest BCUT2D eigenvalue weighted by molar-refractivity contribution is 5.85. The van der Waals surface area contributed by atoms with Crippen LogP contribution in [0.4, 0.5) is 11.6 Å². The predicted molar refractivity (Wildman–Crippen MR) is 132 cm³/mol. The number of benzene rings is 3. The Kier molecular flexibility index (Phi) is 4.76. The molecule has 2 aliphatic rings. The van der Waals surface area contributed by atoms with E-state index in [0.29, 0.717) is 5.95 Å². The minimum atomic E-state index is -0.293. The van der Waals surface area contributed by atoms with Gasteiger partial charge in [0.25, 0.3) is 0 Å². The molecule has 2 aliphatic heterocycles. The summed E-state index contributed by atoms with van der Waals surface area (Å²) < 4.78 is 14.0. The summed E-state index contributed by atoms with van der Waals surface area (Å²) in [6, 6.07) is 24.6. The van der Waals surface area contributed by atoms with Crippen LogP contribution in [0.25, 0.3) is 5.70 Å². The number of nitrogens with one attached hydrogen (secondary N) is 1. The normalized spacial score (nSPS) is 18.2. The summed E-state index contributed by atoms with van der Waals surface area (Å²) in [6.07, 6.45) is 1.29. The molecule has 7 heteroatoms. The second-order valence-electron chi connectivity index (χ2n) is 8.64. The van der Waals surface area contributed by atoms with Crippen LogP contribution in [0.5, 0.6) is 11.5 Å². The topological polar surface area (TPSA) is 64.4 Å². The van der Waals surface area contributed by atoms with Crippen LogP contribution < -0.4 is 19.7 Å². The number of nitrogens with zero attached hydrogens (tertiary/aromatic N) is 4. The van der Waals surface area contributed by atoms with Gasteiger partial charge in [-0.1, -0.05) is 36.4 Å². The molecule has 0 saturated heterocycles. The van der Waals surface area contributed by atoms with Gasteiger partial charge in [0.1, 0.15) is 30.0 Å². The van der Waals surface area contributed by atoms with Crippen molar-refractivity contribution in [3.05, 3.63) is 101 Å². The van der Waals surface area contributed by atoms with Gasteiger partial charge in [0.2, 0.25) is 5.95 Å². The molecule has 0 aliphatic carbocycles. The van der Waals surface area contributed by atoms with E-state index in [1.807, 2.05) is 49.1 Å². The number of aromatic nitrogens is 3. The maximum absolute atomic E-state index is 6.68. The van der Waals surface area contributed by atoms with E-state index in [9.17, 15) is 0 Å². The van der Waals surface area contributed by atoms with Crippen molar-refractivity contribution in [3.63, 3.8) is 0 Å². The third-order valence-corrected chi connectivity index (χ3v) is 6.47. The predicted octanol–water partition coefficient (Wildman–Crippen LogP) is 4.91. The van der Waals surface area contributed by atoms with Crippen molar-refractivity contribution in [3.8, 4) is 11.5 Å². The maximum Gasteiger partial charge on any atom is 0.226 e. The van der Waals surface area contributed by atoms with Gasteiger partial charge in [0.15, 0.2) is 0 Å². The molecule has 1 aromatic heterocycles. The molecule has 1 N–H and O–H groups in total. The second-order valence-corrected chi connectivity index (χ2v) is 8.64. The Morgan fingerprint density at radius 3 is 2.41 bits per heavy atom. The summed E-state index contributed by atoms with van der Waals surface area (Å²) in [7, 11) is 5.76. The Balaban J connectivity index is 1.56. The van der Waals surface area contributed by atoms with E-state index < -0.39 is 0 Å². The van der Waals surface area contributed by atoms with Gasteiger partial charge in [0, 0.05) is 30.9 Å². The molecule has 170 valence electrons. The zero-order chi connectivity index (χ0) is 23.2. The molecule has 6 rings (SSSR count). The second kappa shape index (κ2) is 7.95. The first-order valence-corrected chi connectivity index (χ1v) is 11.2. The lowest BCUT2D eigenvalue weighted by molar-refractivity contribution is 0.223. The van der Waals surface area contributed by atoms with E-state index >= 15 is 0 Å². The lowest BCUT2D eigenvalue weighted by Gasteiger charge is -2.39. The first kappa shape index (κ1) is 20.4. The van der Waals surface area contributed by atoms with Gasteiger partial charge in [-0.2, -0.15) is 10.1 Å². The van der Waals surface area contributed by atoms with Gasteiger partial charge in [-0.3, -0.25) is 0 Å². The molecule has 0 spiro atoms. The Morgan fingerprint density at radius 2 is 1.68 bits per heavy atom. The first-order valence-electron chi connectivity index (χ1n) is 11.2. The van der Waals surface area contributed by atoms with Gasteiger partial charge in [0.05, 0.1) is 12.8 Å². The summed E-state index contributed by atoms with van der Waals surface area (Å²) in [4.78, 5) is 6.59. The molecule has 3 heterocycles.